The van der Waals surface area contributed by atoms with Crippen LogP contribution in [0.4, 0.5) is 0 Å². The molecule has 0 N–H and O–H groups in total. The lowest BCUT2D eigenvalue weighted by Crippen LogP contribution is -2.08. The number of fused-ring (bicyclic) bond motifs is 1. The largest absolute Gasteiger partial charge is 0.497 e. The van der Waals surface area contributed by atoms with Gasteiger partial charge in [-0.1, -0.05) is 18.2 Å². The highest BCUT2D eigenvalue weighted by Crippen LogP contribution is 2.48. The number of carbonyl (C=O) groups excluding carboxylic acids is 1. The quantitative estimate of drug-likeness (QED) is 0.542. The first-order chi connectivity index (χ1) is 13.5. The first-order valence-electron chi connectivity index (χ1n) is 9.35. The van der Waals surface area contributed by atoms with Crippen LogP contribution in [0.15, 0.2) is 36.4 Å². The molecule has 2 aromatic carbocycles. The zero-order valence-electron chi connectivity index (χ0n) is 16.4. The molecule has 0 aromatic heterocycles. The molecule has 1 aliphatic rings. The number of hydrogen-bond donors (Lipinski definition) is 0. The molecule has 0 atom stereocenters. The highest BCUT2D eigenvalue weighted by molar-refractivity contribution is 7.53. The first-order valence-corrected chi connectivity index (χ1v) is 11.1. The lowest BCUT2D eigenvalue weighted by molar-refractivity contribution is 0.0990. The number of carbonyl (C=O) groups is 1. The predicted octanol–water partition coefficient (Wildman–Crippen LogP) is 5.09. The van der Waals surface area contributed by atoms with Crippen LogP contribution in [0.5, 0.6) is 11.5 Å². The van der Waals surface area contributed by atoms with Crippen molar-refractivity contribution in [2.24, 2.45) is 0 Å². The Morgan fingerprint density at radius 3 is 2.25 bits per heavy atom. The van der Waals surface area contributed by atoms with E-state index in [-0.39, 0.29) is 25.3 Å². The lowest BCUT2D eigenvalue weighted by Gasteiger charge is -2.19. The van der Waals surface area contributed by atoms with Crippen molar-refractivity contribution in [3.63, 3.8) is 0 Å². The van der Waals surface area contributed by atoms with Crippen molar-refractivity contribution in [2.45, 2.75) is 26.7 Å². The van der Waals surface area contributed by atoms with E-state index in [9.17, 15) is 9.36 Å². The van der Waals surface area contributed by atoms with E-state index in [1.807, 2.05) is 30.3 Å². The summed E-state index contributed by atoms with van der Waals surface area (Å²) in [5, 5.41) is 0. The van der Waals surface area contributed by atoms with Crippen molar-refractivity contribution >= 4 is 13.4 Å². The molecule has 150 valence electrons. The van der Waals surface area contributed by atoms with E-state index < -0.39 is 7.60 Å². The maximum Gasteiger partial charge on any atom is 0.367 e. The molecule has 1 aliphatic carbocycles. The van der Waals surface area contributed by atoms with E-state index >= 15 is 0 Å². The minimum atomic E-state index is -3.36. The summed E-state index contributed by atoms with van der Waals surface area (Å²) in [6, 6.07) is 11.4. The maximum atomic E-state index is 12.7. The van der Waals surface area contributed by atoms with Gasteiger partial charge < -0.3 is 18.5 Å². The highest BCUT2D eigenvalue weighted by atomic mass is 31.2. The van der Waals surface area contributed by atoms with E-state index in [1.54, 1.807) is 27.0 Å². The number of ketones is 1. The summed E-state index contributed by atoms with van der Waals surface area (Å²) in [4.78, 5) is 12.5. The fourth-order valence-corrected chi connectivity index (χ4v) is 4.68. The second-order valence-corrected chi connectivity index (χ2v) is 8.33. The summed E-state index contributed by atoms with van der Waals surface area (Å²) in [6.07, 6.45) is 0.866. The number of hydrogen-bond acceptors (Lipinski definition) is 6. The van der Waals surface area contributed by atoms with Crippen molar-refractivity contribution in [3.05, 3.63) is 47.5 Å². The molecule has 0 aliphatic heterocycles. The zero-order chi connectivity index (χ0) is 20.1. The van der Waals surface area contributed by atoms with E-state index in [0.717, 1.165) is 22.4 Å². The monoisotopic (exact) mass is 404 g/mol. The summed E-state index contributed by atoms with van der Waals surface area (Å²) < 4.78 is 34.2. The molecule has 6 nitrogen and oxygen atoms in total. The van der Waals surface area contributed by atoms with Crippen LogP contribution in [0.25, 0.3) is 11.1 Å². The van der Waals surface area contributed by atoms with Crippen molar-refractivity contribution in [3.8, 4) is 22.6 Å². The number of rotatable bonds is 9. The van der Waals surface area contributed by atoms with Crippen LogP contribution < -0.4 is 9.47 Å². The Kier molecular flexibility index (Phi) is 6.55. The molecular formula is C21H25O6P. The molecule has 0 heterocycles. The van der Waals surface area contributed by atoms with Gasteiger partial charge in [-0.05, 0) is 55.2 Å². The van der Waals surface area contributed by atoms with Gasteiger partial charge in [0.05, 0.1) is 25.9 Å². The molecule has 0 radical (unpaired) electrons. The Labute approximate surface area is 165 Å². The molecule has 2 aromatic rings. The van der Waals surface area contributed by atoms with E-state index in [4.69, 9.17) is 18.5 Å². The summed E-state index contributed by atoms with van der Waals surface area (Å²) in [5.74, 6) is 1.23. The number of Topliss-reactive ketones (excluding diaryl/α,β-unsaturated/α-hetero) is 1. The molecule has 0 saturated heterocycles. The van der Waals surface area contributed by atoms with E-state index in [2.05, 4.69) is 0 Å². The Morgan fingerprint density at radius 1 is 0.964 bits per heavy atom. The van der Waals surface area contributed by atoms with Crippen molar-refractivity contribution in [2.75, 3.05) is 26.7 Å². The minimum absolute atomic E-state index is 0.0306. The molecule has 0 amide bonds. The summed E-state index contributed by atoms with van der Waals surface area (Å²) in [7, 11) is -1.73. The van der Waals surface area contributed by atoms with Crippen molar-refractivity contribution in [1.82, 2.24) is 0 Å². The predicted molar refractivity (Wildman–Crippen MR) is 107 cm³/mol. The van der Waals surface area contributed by atoms with Gasteiger partial charge in [0.1, 0.15) is 11.5 Å². The minimum Gasteiger partial charge on any atom is -0.497 e. The van der Waals surface area contributed by atoms with Crippen LogP contribution in [0.3, 0.4) is 0 Å². The van der Waals surface area contributed by atoms with Gasteiger partial charge in [-0.15, -0.1) is 0 Å². The molecule has 28 heavy (non-hydrogen) atoms. The van der Waals surface area contributed by atoms with Crippen LogP contribution in [0.2, 0.25) is 0 Å². The van der Waals surface area contributed by atoms with Gasteiger partial charge in [0.15, 0.2) is 12.1 Å². The first kappa shape index (κ1) is 20.6. The van der Waals surface area contributed by atoms with Crippen molar-refractivity contribution < 1.29 is 27.9 Å². The van der Waals surface area contributed by atoms with E-state index in [0.29, 0.717) is 24.2 Å². The smallest absolute Gasteiger partial charge is 0.367 e. The normalized spacial score (nSPS) is 13.5. The zero-order valence-corrected chi connectivity index (χ0v) is 17.3. The second kappa shape index (κ2) is 8.91. The van der Waals surface area contributed by atoms with Crippen LogP contribution >= 0.6 is 7.60 Å². The standard InChI is InChI=1S/C21H25O6P/c1-4-26-28(23,27-5-2)14-25-20-13-11-17(18-10-12-19(22)21(18)20)15-6-8-16(24-3)9-7-15/h6-9,11,13H,4-5,10,12,14H2,1-3H3. The third-order valence-corrected chi connectivity index (χ3v) is 6.33. The van der Waals surface area contributed by atoms with E-state index in [1.165, 1.54) is 0 Å². The summed E-state index contributed by atoms with van der Waals surface area (Å²) >= 11 is 0. The Morgan fingerprint density at radius 2 is 1.64 bits per heavy atom. The third kappa shape index (κ3) is 4.30. The Balaban J connectivity index is 1.91. The second-order valence-electron chi connectivity index (χ2n) is 6.34. The fraction of sp³-hybridized carbons (Fsp3) is 0.381. The van der Waals surface area contributed by atoms with Gasteiger partial charge in [-0.2, -0.15) is 0 Å². The molecule has 0 saturated carbocycles. The molecule has 0 bridgehead atoms. The summed E-state index contributed by atoms with van der Waals surface area (Å²) in [5.41, 5.74) is 3.52. The fourth-order valence-electron chi connectivity index (χ4n) is 3.37. The highest BCUT2D eigenvalue weighted by Gasteiger charge is 2.30. The molecular weight excluding hydrogens is 379 g/mol. The van der Waals surface area contributed by atoms with Crippen LogP contribution in [-0.4, -0.2) is 32.5 Å². The SMILES string of the molecule is CCOP(=O)(COc1ccc(-c2ccc(OC)cc2)c2c1C(=O)CC2)OCC. The molecule has 0 spiro atoms. The topological polar surface area (TPSA) is 71.1 Å². The van der Waals surface area contributed by atoms with Gasteiger partial charge >= 0.3 is 7.60 Å². The summed E-state index contributed by atoms with van der Waals surface area (Å²) in [6.45, 7) is 4.01. The average Bonchev–Trinajstić information content (AvgIpc) is 3.09. The maximum absolute atomic E-state index is 12.7. The lowest BCUT2D eigenvalue weighted by atomic mass is 9.96. The molecule has 3 rings (SSSR count). The molecule has 0 unspecified atom stereocenters. The molecule has 7 heteroatoms. The number of ether oxygens (including phenoxy) is 2. The van der Waals surface area contributed by atoms with Gasteiger partial charge in [-0.3, -0.25) is 9.36 Å². The van der Waals surface area contributed by atoms with Gasteiger partial charge in [0.2, 0.25) is 0 Å². The van der Waals surface area contributed by atoms with Gasteiger partial charge in [0, 0.05) is 6.42 Å². The van der Waals surface area contributed by atoms with Crippen molar-refractivity contribution in [1.29, 1.82) is 0 Å². The average molecular weight is 404 g/mol. The van der Waals surface area contributed by atoms with Crippen LogP contribution in [0, 0.1) is 0 Å². The van der Waals surface area contributed by atoms with Gasteiger partial charge in [-0.25, -0.2) is 0 Å². The third-order valence-electron chi connectivity index (χ3n) is 4.59. The van der Waals surface area contributed by atoms with Crippen LogP contribution in [-0.2, 0) is 20.0 Å². The Bertz CT molecular complexity index is 881. The number of benzene rings is 2. The Hall–Kier alpha value is -2.14. The van der Waals surface area contributed by atoms with Crippen LogP contribution in [0.1, 0.15) is 36.2 Å². The van der Waals surface area contributed by atoms with Gasteiger partial charge in [0.25, 0.3) is 0 Å². The number of methoxy groups -OCH3 is 1. The molecule has 0 fully saturated rings.